The third-order valence-electron chi connectivity index (χ3n) is 11.1. The molecule has 1 heterocycles. The zero-order chi connectivity index (χ0) is 25.0. The Kier molecular flexibility index (Phi) is 6.60. The third kappa shape index (κ3) is 4.36. The van der Waals surface area contributed by atoms with Crippen molar-refractivity contribution in [1.82, 2.24) is 9.78 Å². The molecule has 0 spiro atoms. The van der Waals surface area contributed by atoms with Crippen LogP contribution in [0.5, 0.6) is 0 Å². The summed E-state index contributed by atoms with van der Waals surface area (Å²) in [5.41, 5.74) is -0.834. The van der Waals surface area contributed by atoms with Crippen molar-refractivity contribution < 1.29 is 14.9 Å². The van der Waals surface area contributed by atoms with E-state index in [-0.39, 0.29) is 11.3 Å². The van der Waals surface area contributed by atoms with E-state index < -0.39 is 11.2 Å². The van der Waals surface area contributed by atoms with Crippen LogP contribution in [0.1, 0.15) is 84.1 Å². The number of aromatic nitrogens is 2. The Labute approximate surface area is 211 Å². The van der Waals surface area contributed by atoms with Gasteiger partial charge in [0.1, 0.15) is 6.07 Å². The monoisotopic (exact) mass is 483 g/mol. The topological polar surface area (TPSA) is 91.3 Å². The van der Waals surface area contributed by atoms with Gasteiger partial charge in [0.05, 0.1) is 36.1 Å². The van der Waals surface area contributed by atoms with Gasteiger partial charge < -0.3 is 14.9 Å². The summed E-state index contributed by atoms with van der Waals surface area (Å²) in [5, 5.41) is 36.5. The molecule has 2 N–H and O–H groups in total. The fraction of sp³-hybridized carbons (Fsp3) is 0.862. The average Bonchev–Trinajstić information content (AvgIpc) is 3.24. The quantitative estimate of drug-likeness (QED) is 0.628. The lowest BCUT2D eigenvalue weighted by Gasteiger charge is -2.64. The zero-order valence-electron chi connectivity index (χ0n) is 22.1. The Morgan fingerprint density at radius 1 is 1.17 bits per heavy atom. The molecule has 1 aromatic rings. The number of hydrogen-bond acceptors (Lipinski definition) is 5. The van der Waals surface area contributed by atoms with Gasteiger partial charge in [-0.15, -0.1) is 0 Å². The Hall–Kier alpha value is -1.42. The van der Waals surface area contributed by atoms with E-state index in [1.165, 1.54) is 32.1 Å². The second-order valence-electron chi connectivity index (χ2n) is 13.3. The third-order valence-corrected chi connectivity index (χ3v) is 11.1. The Morgan fingerprint density at radius 3 is 2.66 bits per heavy atom. The van der Waals surface area contributed by atoms with Crippen molar-refractivity contribution in [3.8, 4) is 6.07 Å². The van der Waals surface area contributed by atoms with Crippen molar-refractivity contribution in [2.75, 3.05) is 13.7 Å². The first-order valence-electron chi connectivity index (χ1n) is 14.0. The van der Waals surface area contributed by atoms with Gasteiger partial charge in [-0.2, -0.15) is 10.4 Å². The number of hydrogen-bond donors (Lipinski definition) is 2. The number of rotatable bonds is 5. The van der Waals surface area contributed by atoms with Crippen molar-refractivity contribution in [2.45, 2.75) is 96.3 Å². The van der Waals surface area contributed by atoms with Crippen LogP contribution in [-0.4, -0.2) is 44.9 Å². The molecule has 0 bridgehead atoms. The molecule has 4 fully saturated rings. The Bertz CT molecular complexity index is 953. The average molecular weight is 484 g/mol. The summed E-state index contributed by atoms with van der Waals surface area (Å²) < 4.78 is 7.13. The summed E-state index contributed by atoms with van der Waals surface area (Å²) in [4.78, 5) is 0. The van der Waals surface area contributed by atoms with Gasteiger partial charge in [-0.05, 0) is 105 Å². The first-order valence-corrected chi connectivity index (χ1v) is 14.0. The highest BCUT2D eigenvalue weighted by molar-refractivity contribution is 5.21. The maximum atomic E-state index is 11.9. The molecule has 0 unspecified atom stereocenters. The molecular formula is C29H45N3O3. The fourth-order valence-corrected chi connectivity index (χ4v) is 10.0. The van der Waals surface area contributed by atoms with Crippen LogP contribution in [-0.2, 0) is 11.3 Å². The number of nitriles is 1. The minimum Gasteiger partial charge on any atom is -0.388 e. The van der Waals surface area contributed by atoms with Crippen LogP contribution in [0.2, 0.25) is 0 Å². The summed E-state index contributed by atoms with van der Waals surface area (Å²) in [6.07, 6.45) is 13.4. The highest BCUT2D eigenvalue weighted by Crippen LogP contribution is 2.66. The molecule has 4 aliphatic carbocycles. The van der Waals surface area contributed by atoms with Gasteiger partial charge in [-0.3, -0.25) is 4.68 Å². The summed E-state index contributed by atoms with van der Waals surface area (Å²) >= 11 is 0. The van der Waals surface area contributed by atoms with Gasteiger partial charge in [0, 0.05) is 13.3 Å². The Balaban J connectivity index is 1.36. The maximum absolute atomic E-state index is 11.9. The van der Waals surface area contributed by atoms with Gasteiger partial charge in [0.15, 0.2) is 0 Å². The molecule has 0 aliphatic heterocycles. The smallest absolute Gasteiger partial charge is 0.102 e. The van der Waals surface area contributed by atoms with Crippen LogP contribution in [0.15, 0.2) is 12.4 Å². The molecule has 4 aliphatic rings. The highest BCUT2D eigenvalue weighted by atomic mass is 16.5. The van der Waals surface area contributed by atoms with E-state index in [9.17, 15) is 15.5 Å². The SMILES string of the molecule is COC[C@@]1(O)CC[C@H]2[C@H](CC[C@@H]3[C@@H]2CC[C@@]2(C)[C@H]3[C@H](C)CC[C@@H]2[C@@](C)(O)Cn2cc(C#N)cn2)C1. The number of fused-ring (bicyclic) bond motifs is 5. The van der Waals surface area contributed by atoms with E-state index in [1.54, 1.807) is 24.2 Å². The lowest BCUT2D eigenvalue weighted by molar-refractivity contribution is -0.187. The zero-order valence-corrected chi connectivity index (χ0v) is 22.1. The van der Waals surface area contributed by atoms with Crippen LogP contribution < -0.4 is 0 Å². The molecule has 0 radical (unpaired) electrons. The summed E-state index contributed by atoms with van der Waals surface area (Å²) in [6, 6.07) is 2.15. The minimum atomic E-state index is -0.864. The van der Waals surface area contributed by atoms with Crippen molar-refractivity contribution in [3.63, 3.8) is 0 Å². The van der Waals surface area contributed by atoms with E-state index in [0.717, 1.165) is 43.4 Å². The van der Waals surface area contributed by atoms with Crippen LogP contribution in [0.4, 0.5) is 0 Å². The van der Waals surface area contributed by atoms with Crippen molar-refractivity contribution in [3.05, 3.63) is 18.0 Å². The van der Waals surface area contributed by atoms with Gasteiger partial charge in [0.25, 0.3) is 0 Å². The molecule has 4 saturated carbocycles. The largest absolute Gasteiger partial charge is 0.388 e. The lowest BCUT2D eigenvalue weighted by Crippen LogP contribution is -2.60. The van der Waals surface area contributed by atoms with E-state index in [2.05, 4.69) is 25.0 Å². The van der Waals surface area contributed by atoms with Crippen LogP contribution >= 0.6 is 0 Å². The summed E-state index contributed by atoms with van der Waals surface area (Å²) in [5.74, 6) is 4.39. The number of ether oxygens (including phenoxy) is 1. The summed E-state index contributed by atoms with van der Waals surface area (Å²) in [7, 11) is 1.70. The fourth-order valence-electron chi connectivity index (χ4n) is 10.0. The molecule has 6 heteroatoms. The van der Waals surface area contributed by atoms with Crippen molar-refractivity contribution in [2.24, 2.45) is 46.8 Å². The molecule has 0 aromatic carbocycles. The van der Waals surface area contributed by atoms with Crippen LogP contribution in [0.3, 0.4) is 0 Å². The molecule has 35 heavy (non-hydrogen) atoms. The number of methoxy groups -OCH3 is 1. The first-order chi connectivity index (χ1) is 16.6. The van der Waals surface area contributed by atoms with Gasteiger partial charge in [0.2, 0.25) is 0 Å². The molecular weight excluding hydrogens is 438 g/mol. The summed E-state index contributed by atoms with van der Waals surface area (Å²) in [6.45, 7) is 7.85. The predicted octanol–water partition coefficient (Wildman–Crippen LogP) is 4.79. The van der Waals surface area contributed by atoms with Gasteiger partial charge in [-0.1, -0.05) is 20.3 Å². The molecule has 0 saturated heterocycles. The molecule has 194 valence electrons. The second kappa shape index (κ2) is 9.15. The highest BCUT2D eigenvalue weighted by Gasteiger charge is 2.60. The molecule has 10 atom stereocenters. The van der Waals surface area contributed by atoms with Gasteiger partial charge >= 0.3 is 0 Å². The Morgan fingerprint density at radius 2 is 1.94 bits per heavy atom. The molecule has 1 aromatic heterocycles. The predicted molar refractivity (Wildman–Crippen MR) is 134 cm³/mol. The standard InChI is InChI=1S/C29H45N3O3/c1-19-5-8-25(28(3,33)17-32-16-20(14-30)15-31-32)27(2)11-9-23-22-10-12-29(34,18-35-4)13-21(22)6-7-24(23)26(19)27/h15-16,19,21-26,33-34H,5-13,17-18H2,1-4H3/t19-,21-,22+,23-,24-,25+,26+,27-,28+,29-/m1/s1. The molecule has 5 rings (SSSR count). The number of nitrogens with zero attached hydrogens (tertiary/aromatic N) is 3. The second-order valence-corrected chi connectivity index (χ2v) is 13.3. The van der Waals surface area contributed by atoms with E-state index in [0.29, 0.717) is 36.5 Å². The van der Waals surface area contributed by atoms with E-state index in [1.807, 2.05) is 6.92 Å². The normalized spacial score (nSPS) is 44.9. The lowest BCUT2D eigenvalue weighted by atomic mass is 9.41. The number of aliphatic hydroxyl groups is 2. The van der Waals surface area contributed by atoms with E-state index in [4.69, 9.17) is 4.74 Å². The van der Waals surface area contributed by atoms with Gasteiger partial charge in [-0.25, -0.2) is 0 Å². The molecule has 0 amide bonds. The molecule has 6 nitrogen and oxygen atoms in total. The van der Waals surface area contributed by atoms with Crippen molar-refractivity contribution in [1.29, 1.82) is 5.26 Å². The maximum Gasteiger partial charge on any atom is 0.102 e. The van der Waals surface area contributed by atoms with E-state index >= 15 is 0 Å². The van der Waals surface area contributed by atoms with Crippen LogP contribution in [0, 0.1) is 58.2 Å². The minimum absolute atomic E-state index is 0.117. The first kappa shape index (κ1) is 25.2. The van der Waals surface area contributed by atoms with Crippen molar-refractivity contribution >= 4 is 0 Å². The van der Waals surface area contributed by atoms with Crippen LogP contribution in [0.25, 0.3) is 0 Å².